The number of nitrogens with zero attached hydrogens (tertiary/aromatic N) is 2. The summed E-state index contributed by atoms with van der Waals surface area (Å²) in [5.74, 6) is 0. The van der Waals surface area contributed by atoms with Gasteiger partial charge in [-0.3, -0.25) is 4.72 Å². The van der Waals surface area contributed by atoms with Crippen molar-refractivity contribution in [2.24, 2.45) is 0 Å². The molecule has 0 saturated carbocycles. The van der Waals surface area contributed by atoms with Crippen molar-refractivity contribution in [1.29, 1.82) is 0 Å². The first-order valence-corrected chi connectivity index (χ1v) is 6.10. The fourth-order valence-corrected chi connectivity index (χ4v) is 2.06. The van der Waals surface area contributed by atoms with E-state index in [0.717, 1.165) is 5.01 Å². The van der Waals surface area contributed by atoms with Crippen molar-refractivity contribution in [3.8, 4) is 0 Å². The third kappa shape index (κ3) is 2.63. The average molecular weight is 221 g/mol. The zero-order valence-electron chi connectivity index (χ0n) is 7.60. The molecule has 1 aromatic heterocycles. The smallest absolute Gasteiger partial charge is 0.236 e. The minimum absolute atomic E-state index is 0.325. The Morgan fingerprint density at radius 1 is 1.38 bits per heavy atom. The second-order valence-electron chi connectivity index (χ2n) is 2.82. The van der Waals surface area contributed by atoms with Gasteiger partial charge < -0.3 is 0 Å². The molecule has 0 aliphatic carbocycles. The molecule has 0 saturated heterocycles. The Morgan fingerprint density at radius 3 is 2.38 bits per heavy atom. The van der Waals surface area contributed by atoms with E-state index in [1.165, 1.54) is 11.3 Å². The third-order valence-electron chi connectivity index (χ3n) is 1.38. The monoisotopic (exact) mass is 221 g/mol. The molecule has 0 bridgehead atoms. The van der Waals surface area contributed by atoms with Crippen LogP contribution >= 0.6 is 11.3 Å². The van der Waals surface area contributed by atoms with Crippen LogP contribution in [0.3, 0.4) is 0 Å². The molecule has 0 amide bonds. The van der Waals surface area contributed by atoms with Crippen molar-refractivity contribution in [1.82, 2.24) is 10.2 Å². The Hall–Kier alpha value is -0.690. The van der Waals surface area contributed by atoms with Gasteiger partial charge in [0.2, 0.25) is 15.2 Å². The van der Waals surface area contributed by atoms with E-state index in [9.17, 15) is 8.42 Å². The van der Waals surface area contributed by atoms with Gasteiger partial charge in [-0.15, -0.1) is 10.2 Å². The number of nitrogens with one attached hydrogen (secondary N) is 1. The van der Waals surface area contributed by atoms with Crippen molar-refractivity contribution in [2.45, 2.75) is 26.0 Å². The first-order chi connectivity index (χ1) is 5.92. The Bertz CT molecular complexity index is 382. The maximum absolute atomic E-state index is 11.3. The lowest BCUT2D eigenvalue weighted by Crippen LogP contribution is -2.22. The van der Waals surface area contributed by atoms with Crippen molar-refractivity contribution in [3.05, 3.63) is 5.01 Å². The highest BCUT2D eigenvalue weighted by molar-refractivity contribution is 7.93. The predicted molar refractivity (Wildman–Crippen MR) is 52.3 cm³/mol. The van der Waals surface area contributed by atoms with E-state index >= 15 is 0 Å². The van der Waals surface area contributed by atoms with Crippen LogP contribution in [0.15, 0.2) is 0 Å². The highest BCUT2D eigenvalue weighted by atomic mass is 32.2. The van der Waals surface area contributed by atoms with Gasteiger partial charge in [0.25, 0.3) is 0 Å². The number of anilines is 1. The second-order valence-corrected chi connectivity index (χ2v) is 6.24. The van der Waals surface area contributed by atoms with E-state index in [2.05, 4.69) is 14.9 Å². The molecule has 74 valence electrons. The number of aryl methyl sites for hydroxylation is 1. The molecule has 0 fully saturated rings. The third-order valence-corrected chi connectivity index (χ3v) is 3.98. The van der Waals surface area contributed by atoms with Crippen molar-refractivity contribution < 1.29 is 8.42 Å². The summed E-state index contributed by atoms with van der Waals surface area (Å²) in [6.07, 6.45) is 0. The van der Waals surface area contributed by atoms with E-state index < -0.39 is 15.3 Å². The normalized spacial score (nSPS) is 12.0. The van der Waals surface area contributed by atoms with Gasteiger partial charge in [0, 0.05) is 0 Å². The lowest BCUT2D eigenvalue weighted by molar-refractivity contribution is 0.592. The molecule has 1 aromatic rings. The van der Waals surface area contributed by atoms with Crippen LogP contribution in [0.2, 0.25) is 0 Å². The molecule has 5 nitrogen and oxygen atoms in total. The number of hydrogen-bond acceptors (Lipinski definition) is 5. The molecule has 0 aliphatic rings. The molecule has 0 aromatic carbocycles. The van der Waals surface area contributed by atoms with Crippen LogP contribution in [0.5, 0.6) is 0 Å². The summed E-state index contributed by atoms with van der Waals surface area (Å²) in [4.78, 5) is 0. The molecule has 0 radical (unpaired) electrons. The molecular weight excluding hydrogens is 210 g/mol. The van der Waals surface area contributed by atoms with E-state index in [1.54, 1.807) is 20.8 Å². The summed E-state index contributed by atoms with van der Waals surface area (Å²) in [6, 6.07) is 0. The molecule has 0 spiro atoms. The Balaban J connectivity index is 2.81. The van der Waals surface area contributed by atoms with Gasteiger partial charge in [-0.05, 0) is 20.8 Å². The summed E-state index contributed by atoms with van der Waals surface area (Å²) in [6.45, 7) is 4.98. The molecule has 1 heterocycles. The maximum Gasteiger partial charge on any atom is 0.236 e. The molecule has 0 aliphatic heterocycles. The molecule has 0 atom stereocenters. The van der Waals surface area contributed by atoms with Crippen LogP contribution < -0.4 is 4.72 Å². The van der Waals surface area contributed by atoms with Crippen LogP contribution in [0, 0.1) is 6.92 Å². The van der Waals surface area contributed by atoms with Crippen LogP contribution in [0.4, 0.5) is 5.13 Å². The standard InChI is InChI=1S/C6H11N3O2S2/c1-4(2)13(10,11)9-6-8-7-5(3)12-6/h4H,1-3H3,(H,8,9). The molecular formula is C6H11N3O2S2. The average Bonchev–Trinajstić information content (AvgIpc) is 2.34. The lowest BCUT2D eigenvalue weighted by Gasteiger charge is -2.06. The summed E-state index contributed by atoms with van der Waals surface area (Å²) < 4.78 is 25.0. The zero-order valence-corrected chi connectivity index (χ0v) is 9.24. The first kappa shape index (κ1) is 10.4. The minimum atomic E-state index is -3.28. The Kier molecular flexibility index (Phi) is 2.87. The SMILES string of the molecule is Cc1nnc(NS(=O)(=O)C(C)C)s1. The highest BCUT2D eigenvalue weighted by Gasteiger charge is 2.17. The van der Waals surface area contributed by atoms with Crippen LogP contribution in [0.25, 0.3) is 0 Å². The van der Waals surface area contributed by atoms with Gasteiger partial charge in [-0.1, -0.05) is 11.3 Å². The largest absolute Gasteiger partial charge is 0.257 e. The number of rotatable bonds is 3. The fraction of sp³-hybridized carbons (Fsp3) is 0.667. The Morgan fingerprint density at radius 2 is 2.00 bits per heavy atom. The molecule has 1 N–H and O–H groups in total. The Labute approximate surface area is 81.2 Å². The van der Waals surface area contributed by atoms with Gasteiger partial charge in [0.05, 0.1) is 5.25 Å². The van der Waals surface area contributed by atoms with Gasteiger partial charge in [-0.2, -0.15) is 0 Å². The van der Waals surface area contributed by atoms with Gasteiger partial charge in [-0.25, -0.2) is 8.42 Å². The quantitative estimate of drug-likeness (QED) is 0.826. The summed E-state index contributed by atoms with van der Waals surface area (Å²) in [5.41, 5.74) is 0. The van der Waals surface area contributed by atoms with Gasteiger partial charge >= 0.3 is 0 Å². The van der Waals surface area contributed by atoms with Gasteiger partial charge in [0.1, 0.15) is 5.01 Å². The van der Waals surface area contributed by atoms with Crippen LogP contribution in [0.1, 0.15) is 18.9 Å². The van der Waals surface area contributed by atoms with E-state index in [4.69, 9.17) is 0 Å². The van der Waals surface area contributed by atoms with Gasteiger partial charge in [0.15, 0.2) is 0 Å². The molecule has 13 heavy (non-hydrogen) atoms. The van der Waals surface area contributed by atoms with Crippen molar-refractivity contribution in [3.63, 3.8) is 0 Å². The summed E-state index contributed by atoms with van der Waals surface area (Å²) in [7, 11) is -3.28. The molecule has 0 unspecified atom stereocenters. The van der Waals surface area contributed by atoms with Crippen molar-refractivity contribution >= 4 is 26.5 Å². The maximum atomic E-state index is 11.3. The fourth-order valence-electron chi connectivity index (χ4n) is 0.577. The second kappa shape index (κ2) is 3.59. The first-order valence-electron chi connectivity index (χ1n) is 3.73. The summed E-state index contributed by atoms with van der Waals surface area (Å²) >= 11 is 1.22. The highest BCUT2D eigenvalue weighted by Crippen LogP contribution is 2.16. The van der Waals surface area contributed by atoms with E-state index in [-0.39, 0.29) is 0 Å². The topological polar surface area (TPSA) is 72.0 Å². The van der Waals surface area contributed by atoms with E-state index in [1.807, 2.05) is 0 Å². The number of hydrogen-bond donors (Lipinski definition) is 1. The van der Waals surface area contributed by atoms with Crippen LogP contribution in [-0.2, 0) is 10.0 Å². The minimum Gasteiger partial charge on any atom is -0.257 e. The lowest BCUT2D eigenvalue weighted by atomic mass is 10.6. The molecule has 1 rings (SSSR count). The number of aromatic nitrogens is 2. The summed E-state index contributed by atoms with van der Waals surface area (Å²) in [5, 5.41) is 7.96. The predicted octanol–water partition coefficient (Wildman–Crippen LogP) is 0.997. The molecule has 7 heteroatoms. The van der Waals surface area contributed by atoms with Crippen LogP contribution in [-0.4, -0.2) is 23.9 Å². The zero-order chi connectivity index (χ0) is 10.1. The van der Waals surface area contributed by atoms with Crippen molar-refractivity contribution in [2.75, 3.05) is 4.72 Å². The number of sulfonamides is 1. The van der Waals surface area contributed by atoms with E-state index in [0.29, 0.717) is 5.13 Å².